The van der Waals surface area contributed by atoms with Gasteiger partial charge in [0.2, 0.25) is 0 Å². The number of nitrogens with two attached hydrogens (primary N) is 1. The minimum absolute atomic E-state index is 0.0307. The highest BCUT2D eigenvalue weighted by Crippen LogP contribution is 2.16. The first kappa shape index (κ1) is 10.7. The smallest absolute Gasteiger partial charge is 0.139 e. The Kier molecular flexibility index (Phi) is 4.39. The highest BCUT2D eigenvalue weighted by atomic mass is 16.5. The van der Waals surface area contributed by atoms with Gasteiger partial charge in [0.1, 0.15) is 5.78 Å². The lowest BCUT2D eigenvalue weighted by molar-refractivity contribution is -0.123. The molecular weight excluding hydrogens is 166 g/mol. The Morgan fingerprint density at radius 2 is 2.23 bits per heavy atom. The Bertz CT molecular complexity index is 170. The highest BCUT2D eigenvalue weighted by Gasteiger charge is 2.30. The van der Waals surface area contributed by atoms with Crippen LogP contribution in [0, 0.1) is 5.92 Å². The molecule has 1 saturated heterocycles. The van der Waals surface area contributed by atoms with E-state index in [4.69, 9.17) is 10.5 Å². The van der Waals surface area contributed by atoms with Gasteiger partial charge in [-0.3, -0.25) is 4.79 Å². The molecule has 0 aliphatic carbocycles. The van der Waals surface area contributed by atoms with E-state index in [9.17, 15) is 4.79 Å². The lowest BCUT2D eigenvalue weighted by Gasteiger charge is -2.10. The summed E-state index contributed by atoms with van der Waals surface area (Å²) in [5, 5.41) is 0. The van der Waals surface area contributed by atoms with Gasteiger partial charge >= 0.3 is 0 Å². The number of carbonyl (C=O) groups excluding carboxylic acids is 1. The third-order valence-corrected chi connectivity index (χ3v) is 2.56. The fraction of sp³-hybridized carbons (Fsp3) is 0.900. The Morgan fingerprint density at radius 3 is 2.77 bits per heavy atom. The standard InChI is InChI=1S/C10H19NO2/c1-2-3-4-5-10(12)8-6-13-7-9(8)11/h8-9H,2-7,11H2,1H3. The van der Waals surface area contributed by atoms with E-state index in [0.717, 1.165) is 19.3 Å². The van der Waals surface area contributed by atoms with E-state index in [1.165, 1.54) is 0 Å². The van der Waals surface area contributed by atoms with Crippen LogP contribution in [0.4, 0.5) is 0 Å². The zero-order chi connectivity index (χ0) is 9.68. The number of unbranched alkanes of at least 4 members (excludes halogenated alkanes) is 2. The molecule has 2 N–H and O–H groups in total. The fourth-order valence-corrected chi connectivity index (χ4v) is 1.64. The lowest BCUT2D eigenvalue weighted by Crippen LogP contribution is -2.33. The van der Waals surface area contributed by atoms with Crippen LogP contribution in [0.1, 0.15) is 32.6 Å². The van der Waals surface area contributed by atoms with Gasteiger partial charge in [0.25, 0.3) is 0 Å². The van der Waals surface area contributed by atoms with Crippen LogP contribution >= 0.6 is 0 Å². The van der Waals surface area contributed by atoms with Crippen molar-refractivity contribution < 1.29 is 9.53 Å². The van der Waals surface area contributed by atoms with Gasteiger partial charge in [-0.25, -0.2) is 0 Å². The van der Waals surface area contributed by atoms with Crippen LogP contribution in [-0.4, -0.2) is 25.0 Å². The van der Waals surface area contributed by atoms with Crippen molar-refractivity contribution in [3.05, 3.63) is 0 Å². The summed E-state index contributed by atoms with van der Waals surface area (Å²) in [5.74, 6) is 0.260. The van der Waals surface area contributed by atoms with Crippen molar-refractivity contribution >= 4 is 5.78 Å². The van der Waals surface area contributed by atoms with Gasteiger partial charge in [0.15, 0.2) is 0 Å². The monoisotopic (exact) mass is 185 g/mol. The molecule has 2 unspecified atom stereocenters. The molecule has 1 rings (SSSR count). The Labute approximate surface area is 79.6 Å². The second-order valence-corrected chi connectivity index (χ2v) is 3.73. The predicted octanol–water partition coefficient (Wildman–Crippen LogP) is 1.11. The molecule has 0 radical (unpaired) electrons. The minimum atomic E-state index is -0.0610. The van der Waals surface area contributed by atoms with E-state index in [2.05, 4.69) is 6.92 Å². The topological polar surface area (TPSA) is 52.3 Å². The van der Waals surface area contributed by atoms with E-state index in [-0.39, 0.29) is 12.0 Å². The molecule has 3 heteroatoms. The van der Waals surface area contributed by atoms with Crippen LogP contribution in [-0.2, 0) is 9.53 Å². The molecule has 1 heterocycles. The summed E-state index contributed by atoms with van der Waals surface area (Å²) >= 11 is 0. The maximum absolute atomic E-state index is 11.6. The molecule has 0 aromatic carbocycles. The number of ether oxygens (including phenoxy) is 1. The van der Waals surface area contributed by atoms with E-state index in [1.54, 1.807) is 0 Å². The predicted molar refractivity (Wildman–Crippen MR) is 51.4 cm³/mol. The van der Waals surface area contributed by atoms with Crippen LogP contribution in [0.2, 0.25) is 0 Å². The first-order valence-electron chi connectivity index (χ1n) is 5.11. The Hall–Kier alpha value is -0.410. The van der Waals surface area contributed by atoms with E-state index in [0.29, 0.717) is 25.4 Å². The number of Topliss-reactive ketones (excluding diaryl/α,β-unsaturated/α-hetero) is 1. The maximum Gasteiger partial charge on any atom is 0.139 e. The van der Waals surface area contributed by atoms with Crippen LogP contribution < -0.4 is 5.73 Å². The third-order valence-electron chi connectivity index (χ3n) is 2.56. The summed E-state index contributed by atoms with van der Waals surface area (Å²) in [4.78, 5) is 11.6. The van der Waals surface area contributed by atoms with Gasteiger partial charge in [-0.1, -0.05) is 19.8 Å². The molecule has 2 atom stereocenters. The number of hydrogen-bond acceptors (Lipinski definition) is 3. The van der Waals surface area contributed by atoms with Gasteiger partial charge < -0.3 is 10.5 Å². The molecule has 1 aliphatic rings. The van der Waals surface area contributed by atoms with Gasteiger partial charge in [-0.2, -0.15) is 0 Å². The van der Waals surface area contributed by atoms with Crippen molar-refractivity contribution in [1.29, 1.82) is 0 Å². The quantitative estimate of drug-likeness (QED) is 0.653. The molecule has 1 aliphatic heterocycles. The zero-order valence-corrected chi connectivity index (χ0v) is 8.29. The van der Waals surface area contributed by atoms with Crippen molar-refractivity contribution in [3.63, 3.8) is 0 Å². The first-order chi connectivity index (χ1) is 6.25. The average molecular weight is 185 g/mol. The van der Waals surface area contributed by atoms with Crippen LogP contribution in [0.15, 0.2) is 0 Å². The van der Waals surface area contributed by atoms with Gasteiger partial charge in [-0.15, -0.1) is 0 Å². The molecule has 76 valence electrons. The molecule has 0 bridgehead atoms. The molecular formula is C10H19NO2. The second-order valence-electron chi connectivity index (χ2n) is 3.73. The van der Waals surface area contributed by atoms with Crippen molar-refractivity contribution in [2.24, 2.45) is 11.7 Å². The largest absolute Gasteiger partial charge is 0.379 e. The van der Waals surface area contributed by atoms with Crippen LogP contribution in [0.3, 0.4) is 0 Å². The number of carbonyl (C=O) groups is 1. The fourth-order valence-electron chi connectivity index (χ4n) is 1.64. The number of hydrogen-bond donors (Lipinski definition) is 1. The molecule has 0 aromatic heterocycles. The van der Waals surface area contributed by atoms with Crippen LogP contribution in [0.25, 0.3) is 0 Å². The van der Waals surface area contributed by atoms with Crippen molar-refractivity contribution in [2.45, 2.75) is 38.6 Å². The second kappa shape index (κ2) is 5.35. The van der Waals surface area contributed by atoms with Gasteiger partial charge in [0, 0.05) is 12.5 Å². The van der Waals surface area contributed by atoms with E-state index < -0.39 is 0 Å². The average Bonchev–Trinajstić information content (AvgIpc) is 2.52. The molecule has 0 aromatic rings. The zero-order valence-electron chi connectivity index (χ0n) is 8.29. The van der Waals surface area contributed by atoms with E-state index >= 15 is 0 Å². The number of rotatable bonds is 5. The van der Waals surface area contributed by atoms with Crippen molar-refractivity contribution in [2.75, 3.05) is 13.2 Å². The molecule has 13 heavy (non-hydrogen) atoms. The molecule has 0 spiro atoms. The lowest BCUT2D eigenvalue weighted by atomic mass is 9.95. The first-order valence-corrected chi connectivity index (χ1v) is 5.11. The third kappa shape index (κ3) is 3.08. The van der Waals surface area contributed by atoms with E-state index in [1.807, 2.05) is 0 Å². The minimum Gasteiger partial charge on any atom is -0.379 e. The SMILES string of the molecule is CCCCCC(=O)C1COCC1N. The van der Waals surface area contributed by atoms with Crippen molar-refractivity contribution in [3.8, 4) is 0 Å². The molecule has 0 saturated carbocycles. The Balaban J connectivity index is 2.22. The summed E-state index contributed by atoms with van der Waals surface area (Å²) in [5.41, 5.74) is 5.74. The van der Waals surface area contributed by atoms with Crippen molar-refractivity contribution in [1.82, 2.24) is 0 Å². The highest BCUT2D eigenvalue weighted by molar-refractivity contribution is 5.82. The van der Waals surface area contributed by atoms with Crippen LogP contribution in [0.5, 0.6) is 0 Å². The van der Waals surface area contributed by atoms with Gasteiger partial charge in [-0.05, 0) is 6.42 Å². The summed E-state index contributed by atoms with van der Waals surface area (Å²) in [6, 6.07) is -0.0610. The molecule has 1 fully saturated rings. The van der Waals surface area contributed by atoms with Gasteiger partial charge in [0.05, 0.1) is 19.1 Å². The summed E-state index contributed by atoms with van der Waals surface area (Å²) < 4.78 is 5.15. The summed E-state index contributed by atoms with van der Waals surface area (Å²) in [6.07, 6.45) is 3.96. The molecule has 3 nitrogen and oxygen atoms in total. The summed E-state index contributed by atoms with van der Waals surface area (Å²) in [6.45, 7) is 3.21. The number of ketones is 1. The summed E-state index contributed by atoms with van der Waals surface area (Å²) in [7, 11) is 0. The molecule has 0 amide bonds. The Morgan fingerprint density at radius 1 is 1.46 bits per heavy atom. The maximum atomic E-state index is 11.6. The normalized spacial score (nSPS) is 27.8.